The molecule has 4 heteroatoms. The standard InChI is InChI=1S/C54H60S4/c1-35(2)9-7-11-37(5)13-15-39-17-25-43(26-18-39)55-45-29-21-41-23-31-47-51(49(41)33-45)57-54-48-32-24-42-22-30-46(34-50(42)52(48)58-53(47)54)56-44-27-19-40(20-28-44)16-14-38(6)12-8-10-36(3)4/h17-38H,7-16H2,1-6H3. The number of thiophene rings is 2. The van der Waals surface area contributed by atoms with Gasteiger partial charge in [-0.1, -0.05) is 164 Å². The summed E-state index contributed by atoms with van der Waals surface area (Å²) >= 11 is 7.73. The molecular weight excluding hydrogens is 777 g/mol. The Bertz CT molecular complexity index is 2420. The zero-order valence-electron chi connectivity index (χ0n) is 35.4. The van der Waals surface area contributed by atoms with Crippen LogP contribution >= 0.6 is 46.2 Å². The van der Waals surface area contributed by atoms with Gasteiger partial charge in [-0.3, -0.25) is 0 Å². The van der Waals surface area contributed by atoms with Gasteiger partial charge in [-0.25, -0.2) is 0 Å². The van der Waals surface area contributed by atoms with Crippen LogP contribution in [0.15, 0.2) is 129 Å². The molecule has 0 aliphatic carbocycles. The lowest BCUT2D eigenvalue weighted by molar-refractivity contribution is 0.437. The van der Waals surface area contributed by atoms with E-state index in [1.54, 1.807) is 0 Å². The molecule has 0 nitrogen and oxygen atoms in total. The molecule has 0 aliphatic rings. The maximum atomic E-state index is 2.43. The molecule has 2 aromatic heterocycles. The lowest BCUT2D eigenvalue weighted by atomic mass is 9.94. The summed E-state index contributed by atoms with van der Waals surface area (Å²) in [7, 11) is 0. The molecule has 0 fully saturated rings. The third-order valence-corrected chi connectivity index (χ3v) is 16.8. The lowest BCUT2D eigenvalue weighted by Gasteiger charge is -2.12. The first-order valence-electron chi connectivity index (χ1n) is 21.9. The number of hydrogen-bond acceptors (Lipinski definition) is 4. The van der Waals surface area contributed by atoms with Crippen LogP contribution in [0.1, 0.15) is 104 Å². The van der Waals surface area contributed by atoms with Gasteiger partial charge >= 0.3 is 0 Å². The van der Waals surface area contributed by atoms with Gasteiger partial charge < -0.3 is 0 Å². The van der Waals surface area contributed by atoms with Crippen molar-refractivity contribution in [3.8, 4) is 0 Å². The molecule has 2 heterocycles. The number of rotatable bonds is 18. The van der Waals surface area contributed by atoms with Gasteiger partial charge in [0.25, 0.3) is 0 Å². The molecule has 300 valence electrons. The van der Waals surface area contributed by atoms with Gasteiger partial charge in [0.05, 0.1) is 9.40 Å². The molecule has 2 atom stereocenters. The molecule has 58 heavy (non-hydrogen) atoms. The number of benzene rings is 6. The normalized spacial score (nSPS) is 13.3. The molecule has 0 amide bonds. The average molecular weight is 837 g/mol. The van der Waals surface area contributed by atoms with Crippen LogP contribution < -0.4 is 0 Å². The second-order valence-electron chi connectivity index (χ2n) is 17.9. The Kier molecular flexibility index (Phi) is 13.6. The van der Waals surface area contributed by atoms with Gasteiger partial charge in [0.1, 0.15) is 0 Å². The molecule has 0 bridgehead atoms. The Labute approximate surface area is 364 Å². The van der Waals surface area contributed by atoms with Gasteiger partial charge in [0.2, 0.25) is 0 Å². The van der Waals surface area contributed by atoms with Gasteiger partial charge in [-0.15, -0.1) is 22.7 Å². The highest BCUT2D eigenvalue weighted by molar-refractivity contribution is 7.99. The van der Waals surface area contributed by atoms with E-state index in [-0.39, 0.29) is 0 Å². The quantitative estimate of drug-likeness (QED) is 0.0844. The first-order chi connectivity index (χ1) is 28.2. The van der Waals surface area contributed by atoms with Crippen molar-refractivity contribution in [1.29, 1.82) is 0 Å². The summed E-state index contributed by atoms with van der Waals surface area (Å²) in [5, 5.41) is 8.16. The summed E-state index contributed by atoms with van der Waals surface area (Å²) in [5.41, 5.74) is 2.92. The SMILES string of the molecule is CC(C)CCCC(C)CCc1ccc(Sc2ccc3ccc4c(sc5c6ccc7ccc(Sc8ccc(CCC(C)CCCC(C)C)cc8)cc7c6sc45)c3c2)cc1. The second kappa shape index (κ2) is 19.0. The second-order valence-corrected chi connectivity index (χ2v) is 22.3. The van der Waals surface area contributed by atoms with Crippen LogP contribution in [0, 0.1) is 23.7 Å². The van der Waals surface area contributed by atoms with Gasteiger partial charge in [-0.05, 0) is 120 Å². The summed E-state index contributed by atoms with van der Waals surface area (Å²) in [4.78, 5) is 5.24. The lowest BCUT2D eigenvalue weighted by Crippen LogP contribution is -1.99. The Morgan fingerprint density at radius 3 is 1.16 bits per heavy atom. The summed E-state index contributed by atoms with van der Waals surface area (Å²) in [5.74, 6) is 3.23. The number of aryl methyl sites for hydroxylation is 2. The van der Waals surface area contributed by atoms with Crippen molar-refractivity contribution in [2.75, 3.05) is 0 Å². The molecule has 0 N–H and O–H groups in total. The summed E-state index contributed by atoms with van der Waals surface area (Å²) in [6, 6.07) is 42.1. The largest absolute Gasteiger partial charge is 0.133 e. The topological polar surface area (TPSA) is 0 Å². The maximum absolute atomic E-state index is 2.43. The minimum Gasteiger partial charge on any atom is -0.133 e. The Balaban J connectivity index is 0.969. The van der Waals surface area contributed by atoms with Gasteiger partial charge in [0.15, 0.2) is 0 Å². The molecule has 0 spiro atoms. The predicted octanol–water partition coefficient (Wildman–Crippen LogP) is 18.7. The van der Waals surface area contributed by atoms with Crippen molar-refractivity contribution in [2.24, 2.45) is 23.7 Å². The highest BCUT2D eigenvalue weighted by Crippen LogP contribution is 2.49. The fourth-order valence-electron chi connectivity index (χ4n) is 8.48. The molecule has 8 aromatic rings. The van der Waals surface area contributed by atoms with E-state index in [1.807, 2.05) is 46.2 Å². The van der Waals surface area contributed by atoms with Crippen molar-refractivity contribution in [3.63, 3.8) is 0 Å². The molecule has 6 aromatic carbocycles. The average Bonchev–Trinajstić information content (AvgIpc) is 3.77. The smallest absolute Gasteiger partial charge is 0.0542 e. The van der Waals surface area contributed by atoms with Crippen LogP contribution in [0.5, 0.6) is 0 Å². The highest BCUT2D eigenvalue weighted by Gasteiger charge is 2.17. The molecule has 2 unspecified atom stereocenters. The van der Waals surface area contributed by atoms with E-state index in [4.69, 9.17) is 0 Å². The van der Waals surface area contributed by atoms with Crippen molar-refractivity contribution < 1.29 is 0 Å². The molecule has 0 aliphatic heterocycles. The highest BCUT2D eigenvalue weighted by atomic mass is 32.2. The van der Waals surface area contributed by atoms with E-state index < -0.39 is 0 Å². The number of hydrogen-bond donors (Lipinski definition) is 0. The van der Waals surface area contributed by atoms with E-state index in [0.29, 0.717) is 0 Å². The zero-order chi connectivity index (χ0) is 40.2. The molecule has 0 saturated carbocycles. The van der Waals surface area contributed by atoms with Crippen LogP contribution in [0.3, 0.4) is 0 Å². The van der Waals surface area contributed by atoms with E-state index in [2.05, 4.69) is 151 Å². The summed E-state index contributed by atoms with van der Waals surface area (Å²) in [6.07, 6.45) is 13.0. The zero-order valence-corrected chi connectivity index (χ0v) is 38.7. The van der Waals surface area contributed by atoms with Crippen molar-refractivity contribution in [3.05, 3.63) is 120 Å². The van der Waals surface area contributed by atoms with Crippen LogP contribution in [-0.2, 0) is 12.8 Å². The van der Waals surface area contributed by atoms with Crippen LogP contribution in [-0.4, -0.2) is 0 Å². The Morgan fingerprint density at radius 1 is 0.379 bits per heavy atom. The first-order valence-corrected chi connectivity index (χ1v) is 25.2. The van der Waals surface area contributed by atoms with E-state index >= 15 is 0 Å². The predicted molar refractivity (Wildman–Crippen MR) is 263 cm³/mol. The van der Waals surface area contributed by atoms with E-state index in [1.165, 1.54) is 146 Å². The van der Waals surface area contributed by atoms with Gasteiger partial charge in [0, 0.05) is 50.5 Å². The van der Waals surface area contributed by atoms with Crippen LogP contribution in [0.2, 0.25) is 0 Å². The minimum absolute atomic E-state index is 0.797. The minimum atomic E-state index is 0.797. The van der Waals surface area contributed by atoms with E-state index in [9.17, 15) is 0 Å². The van der Waals surface area contributed by atoms with Crippen molar-refractivity contribution in [1.82, 2.24) is 0 Å². The van der Waals surface area contributed by atoms with Crippen LogP contribution in [0.25, 0.3) is 51.1 Å². The van der Waals surface area contributed by atoms with Crippen LogP contribution in [0.4, 0.5) is 0 Å². The maximum Gasteiger partial charge on any atom is 0.0542 e. The third-order valence-electron chi connectivity index (χ3n) is 12.1. The van der Waals surface area contributed by atoms with Gasteiger partial charge in [-0.2, -0.15) is 0 Å². The summed E-state index contributed by atoms with van der Waals surface area (Å²) < 4.78 is 5.68. The molecule has 0 saturated heterocycles. The third kappa shape index (κ3) is 10.0. The summed E-state index contributed by atoms with van der Waals surface area (Å²) in [6.45, 7) is 14.2. The first kappa shape index (κ1) is 41.5. The molecular formula is C54H60S4. The monoisotopic (exact) mass is 836 g/mol. The van der Waals surface area contributed by atoms with Crippen molar-refractivity contribution >= 4 is 97.3 Å². The molecule has 0 radical (unpaired) electrons. The Hall–Kier alpha value is -3.28. The Morgan fingerprint density at radius 2 is 0.759 bits per heavy atom. The van der Waals surface area contributed by atoms with E-state index in [0.717, 1.165) is 23.7 Å². The fraction of sp³-hybridized carbons (Fsp3) is 0.370. The molecule has 8 rings (SSSR count). The van der Waals surface area contributed by atoms with Crippen molar-refractivity contribution in [2.45, 2.75) is 125 Å². The number of fused-ring (bicyclic) bond motifs is 9. The fourth-order valence-corrected chi connectivity index (χ4v) is 13.1.